The normalized spacial score (nSPS) is 29.6. The first kappa shape index (κ1) is 28.8. The molecule has 37 heavy (non-hydrogen) atoms. The molecule has 2 heterocycles. The highest BCUT2D eigenvalue weighted by molar-refractivity contribution is 5.71. The molecular weight excluding hydrogens is 482 g/mol. The van der Waals surface area contributed by atoms with E-state index in [2.05, 4.69) is 4.90 Å². The number of likely N-dealkylation sites (N-methyl/N-ethyl adjacent to an activating group) is 1. The minimum Gasteiger partial charge on any atom is -0.457 e. The lowest BCUT2D eigenvalue weighted by Gasteiger charge is -2.33. The molecule has 0 aromatic heterocycles. The predicted molar refractivity (Wildman–Crippen MR) is 137 cm³/mol. The second-order valence-corrected chi connectivity index (χ2v) is 10.3. The minimum absolute atomic E-state index is 0.0877. The maximum Gasteiger partial charge on any atom is 0.410 e. The number of hydrogen-bond donors (Lipinski definition) is 1. The van der Waals surface area contributed by atoms with Crippen LogP contribution >= 0.6 is 0 Å². The van der Waals surface area contributed by atoms with E-state index < -0.39 is 35.9 Å². The average Bonchev–Trinajstić information content (AvgIpc) is 2.82. The Bertz CT molecular complexity index is 986. The van der Waals surface area contributed by atoms with Gasteiger partial charge in [-0.2, -0.15) is 0 Å². The summed E-state index contributed by atoms with van der Waals surface area (Å²) in [5, 5.41) is 10.4. The predicted octanol–water partition coefficient (Wildman–Crippen LogP) is 4.41. The zero-order valence-electron chi connectivity index (χ0n) is 22.0. The molecular formula is C28H38F2N2O5. The van der Waals surface area contributed by atoms with E-state index in [1.807, 2.05) is 33.0 Å². The van der Waals surface area contributed by atoms with Crippen LogP contribution in [0, 0.1) is 23.5 Å². The van der Waals surface area contributed by atoms with Crippen LogP contribution < -0.4 is 0 Å². The zero-order valence-corrected chi connectivity index (χ0v) is 22.0. The topological polar surface area (TPSA) is 79.3 Å². The molecule has 2 aliphatic heterocycles. The summed E-state index contributed by atoms with van der Waals surface area (Å²) in [6.45, 7) is 8.28. The Hall–Kier alpha value is -2.78. The smallest absolute Gasteiger partial charge is 0.410 e. The summed E-state index contributed by atoms with van der Waals surface area (Å²) in [7, 11) is 2.01. The molecule has 0 saturated carbocycles. The summed E-state index contributed by atoms with van der Waals surface area (Å²) in [5.74, 6) is -2.39. The van der Waals surface area contributed by atoms with Crippen LogP contribution in [0.5, 0.6) is 0 Å². The number of amides is 1. The molecule has 0 aliphatic carbocycles. The van der Waals surface area contributed by atoms with Gasteiger partial charge in [0.05, 0.1) is 12.5 Å². The highest BCUT2D eigenvalue weighted by atomic mass is 19.1. The van der Waals surface area contributed by atoms with Crippen molar-refractivity contribution in [1.29, 1.82) is 0 Å². The van der Waals surface area contributed by atoms with E-state index in [0.717, 1.165) is 19.2 Å². The molecule has 7 nitrogen and oxygen atoms in total. The number of piperazine rings is 1. The third-order valence-corrected chi connectivity index (χ3v) is 6.99. The highest BCUT2D eigenvalue weighted by Gasteiger charge is 2.29. The summed E-state index contributed by atoms with van der Waals surface area (Å²) in [6, 6.07) is 3.19. The lowest BCUT2D eigenvalue weighted by Crippen LogP contribution is -2.48. The Morgan fingerprint density at radius 3 is 2.38 bits per heavy atom. The molecule has 5 atom stereocenters. The first-order chi connectivity index (χ1) is 17.5. The molecule has 0 unspecified atom stereocenters. The number of ether oxygens (including phenoxy) is 2. The van der Waals surface area contributed by atoms with Crippen molar-refractivity contribution in [3.05, 3.63) is 53.1 Å². The van der Waals surface area contributed by atoms with Crippen LogP contribution in [0.4, 0.5) is 13.6 Å². The van der Waals surface area contributed by atoms with Gasteiger partial charge in [-0.15, -0.1) is 0 Å². The molecule has 0 bridgehead atoms. The number of carbonyl (C=O) groups is 2. The average molecular weight is 521 g/mol. The number of rotatable bonds is 3. The van der Waals surface area contributed by atoms with Gasteiger partial charge in [0, 0.05) is 38.2 Å². The van der Waals surface area contributed by atoms with Gasteiger partial charge < -0.3 is 24.4 Å². The van der Waals surface area contributed by atoms with Crippen molar-refractivity contribution in [2.75, 3.05) is 33.2 Å². The Labute approximate surface area is 217 Å². The number of hydrogen-bond acceptors (Lipinski definition) is 6. The number of aliphatic hydroxyl groups is 1. The van der Waals surface area contributed by atoms with Gasteiger partial charge in [0.25, 0.3) is 0 Å². The standard InChI is InChI=1S/C28H38F2N2O5/c1-18-5-7-24(33)17-26(34)37-27(20(3)13-21-14-22(29)16-23(30)15-21)19(2)6-8-25(18)36-28(35)32-11-9-31(4)10-12-32/h6,8,13-16,18-19,24-25,27,33H,5,7,9-12,17H2,1-4H3/b8-6-,20-13+/t18-,19-,24+,25-,27-/m0/s1. The van der Waals surface area contributed by atoms with Crippen molar-refractivity contribution in [2.45, 2.75) is 58.3 Å². The molecule has 204 valence electrons. The van der Waals surface area contributed by atoms with Crippen molar-refractivity contribution >= 4 is 18.1 Å². The van der Waals surface area contributed by atoms with Gasteiger partial charge >= 0.3 is 12.1 Å². The summed E-state index contributed by atoms with van der Waals surface area (Å²) >= 11 is 0. The number of benzene rings is 1. The van der Waals surface area contributed by atoms with Crippen LogP contribution in [0.2, 0.25) is 0 Å². The molecule has 1 saturated heterocycles. The lowest BCUT2D eigenvalue weighted by atomic mass is 9.91. The third-order valence-electron chi connectivity index (χ3n) is 6.99. The molecule has 0 spiro atoms. The zero-order chi connectivity index (χ0) is 27.1. The number of esters is 1. The maximum absolute atomic E-state index is 13.7. The lowest BCUT2D eigenvalue weighted by molar-refractivity contribution is -0.151. The van der Waals surface area contributed by atoms with Gasteiger partial charge in [0.2, 0.25) is 0 Å². The van der Waals surface area contributed by atoms with E-state index in [9.17, 15) is 23.5 Å². The second kappa shape index (κ2) is 13.1. The second-order valence-electron chi connectivity index (χ2n) is 10.3. The van der Waals surface area contributed by atoms with Gasteiger partial charge in [-0.25, -0.2) is 13.6 Å². The van der Waals surface area contributed by atoms with Gasteiger partial charge in [-0.05, 0) is 62.1 Å². The van der Waals surface area contributed by atoms with Crippen molar-refractivity contribution in [3.63, 3.8) is 0 Å². The molecule has 1 aromatic carbocycles. The van der Waals surface area contributed by atoms with Gasteiger partial charge in [0.1, 0.15) is 23.8 Å². The summed E-state index contributed by atoms with van der Waals surface area (Å²) in [4.78, 5) is 29.3. The number of cyclic esters (lactones) is 1. The van der Waals surface area contributed by atoms with Gasteiger partial charge in [0.15, 0.2) is 0 Å². The first-order valence-corrected chi connectivity index (χ1v) is 12.9. The van der Waals surface area contributed by atoms with Crippen LogP contribution in [0.15, 0.2) is 35.9 Å². The largest absolute Gasteiger partial charge is 0.457 e. The van der Waals surface area contributed by atoms with Crippen LogP contribution in [0.3, 0.4) is 0 Å². The number of carbonyl (C=O) groups excluding carboxylic acids is 2. The van der Waals surface area contributed by atoms with E-state index >= 15 is 0 Å². The first-order valence-electron chi connectivity index (χ1n) is 12.9. The molecule has 2 aliphatic rings. The van der Waals surface area contributed by atoms with E-state index in [1.165, 1.54) is 12.1 Å². The summed E-state index contributed by atoms with van der Waals surface area (Å²) in [6.07, 6.45) is 3.42. The molecule has 9 heteroatoms. The quantitative estimate of drug-likeness (QED) is 0.470. The van der Waals surface area contributed by atoms with E-state index in [-0.39, 0.29) is 24.3 Å². The van der Waals surface area contributed by atoms with Crippen molar-refractivity contribution < 1.29 is 33.0 Å². The summed E-state index contributed by atoms with van der Waals surface area (Å²) in [5.41, 5.74) is 0.891. The maximum atomic E-state index is 13.7. The SMILES string of the molecule is C/C(=C\c1cc(F)cc(F)c1)[C@H]1OC(=O)C[C@H](O)CC[C@H](C)[C@@H](OC(=O)N2CCN(C)CC2)/C=C\[C@@H]1C. The Kier molecular flexibility index (Phi) is 10.2. The van der Waals surface area contributed by atoms with E-state index in [1.54, 1.807) is 17.9 Å². The van der Waals surface area contributed by atoms with Gasteiger partial charge in [-0.1, -0.05) is 26.0 Å². The Morgan fingerprint density at radius 2 is 1.73 bits per heavy atom. The van der Waals surface area contributed by atoms with Crippen molar-refractivity contribution in [2.24, 2.45) is 11.8 Å². The molecule has 1 N–H and O–H groups in total. The molecule has 3 rings (SSSR count). The van der Waals surface area contributed by atoms with Crippen LogP contribution in [0.25, 0.3) is 6.08 Å². The third kappa shape index (κ3) is 8.64. The van der Waals surface area contributed by atoms with E-state index in [0.29, 0.717) is 37.1 Å². The minimum atomic E-state index is -0.898. The molecule has 0 radical (unpaired) electrons. The number of halogens is 2. The van der Waals surface area contributed by atoms with Crippen molar-refractivity contribution in [3.8, 4) is 0 Å². The van der Waals surface area contributed by atoms with Crippen LogP contribution in [0.1, 0.15) is 45.6 Å². The summed E-state index contributed by atoms with van der Waals surface area (Å²) < 4.78 is 39.0. The van der Waals surface area contributed by atoms with Crippen LogP contribution in [-0.2, 0) is 14.3 Å². The highest BCUT2D eigenvalue weighted by Crippen LogP contribution is 2.26. The fourth-order valence-electron chi connectivity index (χ4n) is 4.63. The number of nitrogens with zero attached hydrogens (tertiary/aromatic N) is 2. The molecule has 1 fully saturated rings. The van der Waals surface area contributed by atoms with Crippen LogP contribution in [-0.4, -0.2) is 78.5 Å². The van der Waals surface area contributed by atoms with Crippen molar-refractivity contribution in [1.82, 2.24) is 9.80 Å². The van der Waals surface area contributed by atoms with E-state index in [4.69, 9.17) is 9.47 Å². The fourth-order valence-corrected chi connectivity index (χ4v) is 4.63. The Balaban J connectivity index is 1.84. The number of aliphatic hydroxyl groups excluding tert-OH is 1. The van der Waals surface area contributed by atoms with Gasteiger partial charge in [-0.3, -0.25) is 4.79 Å². The molecule has 1 aromatic rings. The fraction of sp³-hybridized carbons (Fsp3) is 0.571. The molecule has 1 amide bonds. The monoisotopic (exact) mass is 520 g/mol. The Morgan fingerprint density at radius 1 is 1.08 bits per heavy atom.